The third-order valence-corrected chi connectivity index (χ3v) is 3.86. The van der Waals surface area contributed by atoms with Gasteiger partial charge in [-0.1, -0.05) is 44.2 Å². The van der Waals surface area contributed by atoms with Gasteiger partial charge in [0.05, 0.1) is 0 Å². The van der Waals surface area contributed by atoms with Crippen LogP contribution in [0.5, 0.6) is 0 Å². The second kappa shape index (κ2) is 3.58. The van der Waals surface area contributed by atoms with E-state index in [-0.39, 0.29) is 11.2 Å². The van der Waals surface area contributed by atoms with Crippen LogP contribution in [0.1, 0.15) is 27.2 Å². The number of allylic oxidation sites excluding steroid dienone is 7. The zero-order chi connectivity index (χ0) is 11.9. The molecule has 0 aromatic carbocycles. The highest BCUT2D eigenvalue weighted by molar-refractivity contribution is 5.93. The van der Waals surface area contributed by atoms with Gasteiger partial charge in [0.25, 0.3) is 0 Å². The van der Waals surface area contributed by atoms with Crippen molar-refractivity contribution in [2.24, 2.45) is 11.3 Å². The van der Waals surface area contributed by atoms with E-state index in [0.717, 1.165) is 11.1 Å². The van der Waals surface area contributed by atoms with Crippen molar-refractivity contribution < 1.29 is 4.79 Å². The molecule has 2 aliphatic rings. The molecule has 0 aromatic heterocycles. The van der Waals surface area contributed by atoms with Crippen LogP contribution in [0.25, 0.3) is 0 Å². The molecular formula is C15H18O. The van der Waals surface area contributed by atoms with E-state index >= 15 is 0 Å². The topological polar surface area (TPSA) is 17.1 Å². The number of rotatable bonds is 1. The summed E-state index contributed by atoms with van der Waals surface area (Å²) in [5, 5.41) is 0. The van der Waals surface area contributed by atoms with Gasteiger partial charge in [-0.2, -0.15) is 0 Å². The lowest BCUT2D eigenvalue weighted by Gasteiger charge is -2.39. The number of hydrogen-bond donors (Lipinski definition) is 0. The summed E-state index contributed by atoms with van der Waals surface area (Å²) in [6.07, 6.45) is 8.83. The zero-order valence-corrected chi connectivity index (χ0v) is 10.2. The molecule has 0 aliphatic heterocycles. The summed E-state index contributed by atoms with van der Waals surface area (Å²) in [4.78, 5) is 11.5. The van der Waals surface area contributed by atoms with Gasteiger partial charge in [0, 0.05) is 11.8 Å². The summed E-state index contributed by atoms with van der Waals surface area (Å²) in [5.74, 6) is 0.608. The fourth-order valence-corrected chi connectivity index (χ4v) is 2.46. The van der Waals surface area contributed by atoms with Crippen LogP contribution in [0.3, 0.4) is 0 Å². The maximum absolute atomic E-state index is 11.5. The number of ketones is 1. The van der Waals surface area contributed by atoms with Gasteiger partial charge >= 0.3 is 0 Å². The van der Waals surface area contributed by atoms with E-state index in [1.807, 2.05) is 6.92 Å². The monoisotopic (exact) mass is 214 g/mol. The Labute approximate surface area is 97.2 Å². The summed E-state index contributed by atoms with van der Waals surface area (Å²) in [7, 11) is 0. The number of carbonyl (C=O) groups excluding carboxylic acids is 1. The molecular weight excluding hydrogens is 196 g/mol. The summed E-state index contributed by atoms with van der Waals surface area (Å²) < 4.78 is 0. The molecule has 0 bridgehead atoms. The molecule has 0 fully saturated rings. The van der Waals surface area contributed by atoms with Gasteiger partial charge in [-0.15, -0.1) is 0 Å². The van der Waals surface area contributed by atoms with Crippen molar-refractivity contribution in [1.82, 2.24) is 0 Å². The van der Waals surface area contributed by atoms with Gasteiger partial charge in [-0.05, 0) is 30.1 Å². The lowest BCUT2D eigenvalue weighted by molar-refractivity contribution is -0.116. The third kappa shape index (κ3) is 1.60. The highest BCUT2D eigenvalue weighted by Gasteiger charge is 2.38. The standard InChI is InChI=1S/C15H18O/c1-10(2)12-5-6-13-8-14(16)7-11(3)15(13,4)9-12/h5-6,8-9,11H,1,7H2,2-4H3. The molecule has 0 N–H and O–H groups in total. The van der Waals surface area contributed by atoms with Crippen molar-refractivity contribution in [1.29, 1.82) is 0 Å². The molecule has 2 unspecified atom stereocenters. The molecule has 0 saturated carbocycles. The van der Waals surface area contributed by atoms with Crippen molar-refractivity contribution >= 4 is 5.78 Å². The maximum atomic E-state index is 11.5. The fraction of sp³-hybridized carbons (Fsp3) is 0.400. The van der Waals surface area contributed by atoms with E-state index in [4.69, 9.17) is 0 Å². The molecule has 2 atom stereocenters. The van der Waals surface area contributed by atoms with Crippen LogP contribution in [0.2, 0.25) is 0 Å². The lowest BCUT2D eigenvalue weighted by Crippen LogP contribution is -2.32. The van der Waals surface area contributed by atoms with Gasteiger partial charge in [-0.25, -0.2) is 0 Å². The summed E-state index contributed by atoms with van der Waals surface area (Å²) in [5.41, 5.74) is 3.42. The molecule has 84 valence electrons. The highest BCUT2D eigenvalue weighted by Crippen LogP contribution is 2.46. The Balaban J connectivity index is 2.51. The minimum atomic E-state index is -0.00303. The van der Waals surface area contributed by atoms with Crippen LogP contribution >= 0.6 is 0 Å². The Kier molecular flexibility index (Phi) is 2.49. The molecule has 16 heavy (non-hydrogen) atoms. The summed E-state index contributed by atoms with van der Waals surface area (Å²) in [6.45, 7) is 10.4. The van der Waals surface area contributed by atoms with E-state index in [0.29, 0.717) is 12.3 Å². The van der Waals surface area contributed by atoms with Gasteiger partial charge in [0.1, 0.15) is 0 Å². The van der Waals surface area contributed by atoms with E-state index in [1.54, 1.807) is 6.08 Å². The molecule has 0 radical (unpaired) electrons. The van der Waals surface area contributed by atoms with E-state index in [1.165, 1.54) is 5.57 Å². The van der Waals surface area contributed by atoms with Crippen LogP contribution in [-0.4, -0.2) is 5.78 Å². The molecule has 0 heterocycles. The minimum Gasteiger partial charge on any atom is -0.295 e. The first-order valence-corrected chi connectivity index (χ1v) is 5.75. The van der Waals surface area contributed by atoms with E-state index in [9.17, 15) is 4.79 Å². The summed E-state index contributed by atoms with van der Waals surface area (Å²) in [6, 6.07) is 0. The Hall–Kier alpha value is -1.37. The quantitative estimate of drug-likeness (QED) is 0.651. The Bertz CT molecular complexity index is 448. The van der Waals surface area contributed by atoms with Crippen molar-refractivity contribution in [2.45, 2.75) is 27.2 Å². The molecule has 0 aromatic rings. The average Bonchev–Trinajstić information content (AvgIpc) is 2.19. The van der Waals surface area contributed by atoms with Crippen LogP contribution in [-0.2, 0) is 4.79 Å². The van der Waals surface area contributed by atoms with Gasteiger partial charge in [0.15, 0.2) is 5.78 Å². The predicted molar refractivity (Wildman–Crippen MR) is 67.0 cm³/mol. The second-order valence-electron chi connectivity index (χ2n) is 5.17. The second-order valence-corrected chi connectivity index (χ2v) is 5.17. The SMILES string of the molecule is C=C(C)C1=CC2(C)C(=CC(=O)CC2C)C=C1. The van der Waals surface area contributed by atoms with E-state index < -0.39 is 0 Å². The first-order chi connectivity index (χ1) is 7.43. The normalized spacial score (nSPS) is 32.9. The molecule has 2 rings (SSSR count). The van der Waals surface area contributed by atoms with Gasteiger partial charge in [0.2, 0.25) is 0 Å². The smallest absolute Gasteiger partial charge is 0.156 e. The molecule has 0 spiro atoms. The van der Waals surface area contributed by atoms with Crippen molar-refractivity contribution in [3.63, 3.8) is 0 Å². The van der Waals surface area contributed by atoms with Crippen molar-refractivity contribution in [3.05, 3.63) is 47.6 Å². The Morgan fingerprint density at radius 1 is 1.50 bits per heavy atom. The van der Waals surface area contributed by atoms with Gasteiger partial charge in [-0.3, -0.25) is 4.79 Å². The molecule has 1 nitrogen and oxygen atoms in total. The lowest BCUT2D eigenvalue weighted by atomic mass is 9.64. The van der Waals surface area contributed by atoms with Crippen LogP contribution in [0.15, 0.2) is 47.6 Å². The number of carbonyl (C=O) groups is 1. The zero-order valence-electron chi connectivity index (χ0n) is 10.2. The number of hydrogen-bond acceptors (Lipinski definition) is 1. The third-order valence-electron chi connectivity index (χ3n) is 3.86. The fourth-order valence-electron chi connectivity index (χ4n) is 2.46. The largest absolute Gasteiger partial charge is 0.295 e. The molecule has 2 aliphatic carbocycles. The van der Waals surface area contributed by atoms with Crippen LogP contribution < -0.4 is 0 Å². The van der Waals surface area contributed by atoms with Crippen LogP contribution in [0, 0.1) is 11.3 Å². The minimum absolute atomic E-state index is 0.00303. The predicted octanol–water partition coefficient (Wildman–Crippen LogP) is 3.60. The molecule has 1 heteroatoms. The van der Waals surface area contributed by atoms with Crippen molar-refractivity contribution in [3.8, 4) is 0 Å². The first-order valence-electron chi connectivity index (χ1n) is 5.75. The molecule has 0 saturated heterocycles. The Morgan fingerprint density at radius 3 is 2.81 bits per heavy atom. The van der Waals surface area contributed by atoms with Crippen molar-refractivity contribution in [2.75, 3.05) is 0 Å². The van der Waals surface area contributed by atoms with Crippen LogP contribution in [0.4, 0.5) is 0 Å². The maximum Gasteiger partial charge on any atom is 0.156 e. The molecule has 0 amide bonds. The van der Waals surface area contributed by atoms with Gasteiger partial charge < -0.3 is 0 Å². The average molecular weight is 214 g/mol. The first kappa shape index (κ1) is 11.1. The Morgan fingerprint density at radius 2 is 2.19 bits per heavy atom. The summed E-state index contributed by atoms with van der Waals surface area (Å²) >= 11 is 0. The van der Waals surface area contributed by atoms with E-state index in [2.05, 4.69) is 38.7 Å². The number of fused-ring (bicyclic) bond motifs is 1. The highest BCUT2D eigenvalue weighted by atomic mass is 16.1.